The van der Waals surface area contributed by atoms with Gasteiger partial charge in [-0.1, -0.05) is 45.0 Å². The number of carbonyl (C=O) groups is 1. The molecule has 3 aliphatic rings. The van der Waals surface area contributed by atoms with E-state index in [0.29, 0.717) is 11.3 Å². The van der Waals surface area contributed by atoms with E-state index in [1.807, 2.05) is 35.2 Å². The number of thioether (sulfide) groups is 1. The molecule has 1 aromatic heterocycles. The largest absolute Gasteiger partial charge is 0.481 e. The number of nitrogens with zero attached hydrogens (tertiary/aromatic N) is 1. The number of rotatable bonds is 6. The van der Waals surface area contributed by atoms with Gasteiger partial charge >= 0.3 is 5.97 Å². The van der Waals surface area contributed by atoms with E-state index in [2.05, 4.69) is 38.2 Å². The molecule has 2 aliphatic carbocycles. The Morgan fingerprint density at radius 3 is 2.56 bits per heavy atom. The highest BCUT2D eigenvalue weighted by atomic mass is 32.2. The lowest BCUT2D eigenvalue weighted by atomic mass is 9.72. The molecule has 1 fully saturated rings. The van der Waals surface area contributed by atoms with Crippen LogP contribution in [-0.4, -0.2) is 16.9 Å². The maximum absolute atomic E-state index is 10.9. The molecule has 6 heteroatoms. The number of carboxylic acid groups (broad SMARTS) is 1. The second-order valence-electron chi connectivity index (χ2n) is 10.5. The molecular weight excluding hydrogens is 436 g/mol. The van der Waals surface area contributed by atoms with Crippen molar-refractivity contribution in [1.82, 2.24) is 0 Å². The van der Waals surface area contributed by atoms with Gasteiger partial charge in [0.2, 0.25) is 0 Å². The van der Waals surface area contributed by atoms with Gasteiger partial charge in [0.05, 0.1) is 6.42 Å². The van der Waals surface area contributed by atoms with Crippen LogP contribution in [0.25, 0.3) is 0 Å². The lowest BCUT2D eigenvalue weighted by Gasteiger charge is -2.34. The van der Waals surface area contributed by atoms with Gasteiger partial charge in [-0.2, -0.15) is 0 Å². The van der Waals surface area contributed by atoms with E-state index in [1.165, 1.54) is 54.1 Å². The third kappa shape index (κ3) is 4.62. The molecule has 32 heavy (non-hydrogen) atoms. The van der Waals surface area contributed by atoms with Gasteiger partial charge in [0, 0.05) is 22.1 Å². The van der Waals surface area contributed by atoms with Gasteiger partial charge in [0.25, 0.3) is 0 Å². The fraction of sp³-hybridized carbons (Fsp3) is 0.538. The topological polar surface area (TPSA) is 61.7 Å². The maximum atomic E-state index is 10.9. The van der Waals surface area contributed by atoms with Crippen LogP contribution < -0.4 is 5.32 Å². The molecule has 170 valence electrons. The minimum atomic E-state index is -0.785. The van der Waals surface area contributed by atoms with Gasteiger partial charge in [-0.3, -0.25) is 9.79 Å². The minimum Gasteiger partial charge on any atom is -0.481 e. The van der Waals surface area contributed by atoms with Crippen LogP contribution in [0.1, 0.15) is 72.5 Å². The third-order valence-electron chi connectivity index (χ3n) is 7.03. The Kier molecular flexibility index (Phi) is 5.87. The Balaban J connectivity index is 1.37. The first kappa shape index (κ1) is 22.0. The SMILES string of the molecule is CC(C)(C)C1CCc2c(sc3c2C(SCc2ccc(CC(=O)O)cc2)N=C(C2CC2)N3)C1. The van der Waals surface area contributed by atoms with Crippen molar-refractivity contribution >= 4 is 39.9 Å². The number of benzene rings is 1. The number of hydrogen-bond donors (Lipinski definition) is 2. The first-order chi connectivity index (χ1) is 15.3. The molecule has 4 nitrogen and oxygen atoms in total. The van der Waals surface area contributed by atoms with Crippen molar-refractivity contribution < 1.29 is 9.90 Å². The van der Waals surface area contributed by atoms with Crippen LogP contribution in [0.5, 0.6) is 0 Å². The van der Waals surface area contributed by atoms with Gasteiger partial charge in [-0.15, -0.1) is 23.1 Å². The summed E-state index contributed by atoms with van der Waals surface area (Å²) < 4.78 is 0. The van der Waals surface area contributed by atoms with E-state index in [1.54, 1.807) is 10.4 Å². The summed E-state index contributed by atoms with van der Waals surface area (Å²) >= 11 is 3.89. The van der Waals surface area contributed by atoms with Crippen molar-refractivity contribution in [2.75, 3.05) is 5.32 Å². The monoisotopic (exact) mass is 468 g/mol. The zero-order valence-electron chi connectivity index (χ0n) is 19.1. The van der Waals surface area contributed by atoms with Gasteiger partial charge in [0.1, 0.15) is 16.2 Å². The highest BCUT2D eigenvalue weighted by Gasteiger charge is 2.38. The Bertz CT molecular complexity index is 1050. The number of fused-ring (bicyclic) bond motifs is 3. The molecule has 0 amide bonds. The lowest BCUT2D eigenvalue weighted by Crippen LogP contribution is -2.26. The number of amidine groups is 1. The van der Waals surface area contributed by atoms with Crippen LogP contribution in [0.15, 0.2) is 29.3 Å². The number of aliphatic imine (C=N–C) groups is 1. The van der Waals surface area contributed by atoms with E-state index in [9.17, 15) is 4.79 Å². The quantitative estimate of drug-likeness (QED) is 0.496. The second kappa shape index (κ2) is 8.53. The van der Waals surface area contributed by atoms with E-state index < -0.39 is 5.97 Å². The van der Waals surface area contributed by atoms with Crippen LogP contribution >= 0.6 is 23.1 Å². The smallest absolute Gasteiger partial charge is 0.307 e. The number of thiophene rings is 1. The van der Waals surface area contributed by atoms with Crippen molar-refractivity contribution in [2.24, 2.45) is 22.2 Å². The molecule has 1 aromatic carbocycles. The molecule has 0 spiro atoms. The molecule has 5 rings (SSSR count). The number of aliphatic carboxylic acids is 1. The summed E-state index contributed by atoms with van der Waals surface area (Å²) in [4.78, 5) is 17.7. The Hall–Kier alpha value is -1.79. The van der Waals surface area contributed by atoms with E-state index in [0.717, 1.165) is 17.2 Å². The molecule has 0 bridgehead atoms. The summed E-state index contributed by atoms with van der Waals surface area (Å²) in [6, 6.07) is 8.01. The van der Waals surface area contributed by atoms with Crippen molar-refractivity contribution in [3.63, 3.8) is 0 Å². The minimum absolute atomic E-state index is 0.0801. The molecule has 2 atom stereocenters. The average Bonchev–Trinajstić information content (AvgIpc) is 3.52. The average molecular weight is 469 g/mol. The number of carboxylic acids is 1. The molecule has 2 aromatic rings. The predicted octanol–water partition coefficient (Wildman–Crippen LogP) is 6.69. The fourth-order valence-electron chi connectivity index (χ4n) is 4.83. The van der Waals surface area contributed by atoms with E-state index >= 15 is 0 Å². The molecule has 1 aliphatic heterocycles. The third-order valence-corrected chi connectivity index (χ3v) is 9.37. The van der Waals surface area contributed by atoms with Gasteiger partial charge in [-0.05, 0) is 60.1 Å². The van der Waals surface area contributed by atoms with Gasteiger partial charge in [-0.25, -0.2) is 0 Å². The Labute approximate surface area is 198 Å². The Morgan fingerprint density at radius 2 is 1.91 bits per heavy atom. The molecule has 1 saturated carbocycles. The van der Waals surface area contributed by atoms with Crippen LogP contribution in [-0.2, 0) is 29.8 Å². The predicted molar refractivity (Wildman–Crippen MR) is 135 cm³/mol. The van der Waals surface area contributed by atoms with Crippen LogP contribution in [0.4, 0.5) is 5.00 Å². The van der Waals surface area contributed by atoms with Gasteiger partial charge < -0.3 is 10.4 Å². The standard InChI is InChI=1S/C26H32N2O2S2/c1-26(2,3)18-10-11-19-20(13-18)32-25-22(19)24(27-23(28-25)17-8-9-17)31-14-16-6-4-15(5-7-16)12-21(29)30/h4-7,17-18,24H,8-14H2,1-3H3,(H,27,28)(H,29,30). The molecule has 0 saturated heterocycles. The molecular formula is C26H32N2O2S2. The van der Waals surface area contributed by atoms with Crippen molar-refractivity contribution in [3.05, 3.63) is 51.4 Å². The maximum Gasteiger partial charge on any atom is 0.307 e. The Morgan fingerprint density at radius 1 is 1.19 bits per heavy atom. The van der Waals surface area contributed by atoms with Crippen molar-refractivity contribution in [2.45, 2.75) is 70.4 Å². The van der Waals surface area contributed by atoms with Crippen LogP contribution in [0, 0.1) is 17.3 Å². The summed E-state index contributed by atoms with van der Waals surface area (Å²) in [5.41, 5.74) is 5.43. The molecule has 2 heterocycles. The van der Waals surface area contributed by atoms with Crippen LogP contribution in [0.3, 0.4) is 0 Å². The number of nitrogens with one attached hydrogen (secondary N) is 1. The highest BCUT2D eigenvalue weighted by Crippen LogP contribution is 2.52. The molecule has 2 unspecified atom stereocenters. The normalized spacial score (nSPS) is 22.5. The van der Waals surface area contributed by atoms with Crippen molar-refractivity contribution in [3.8, 4) is 0 Å². The van der Waals surface area contributed by atoms with E-state index in [-0.39, 0.29) is 11.8 Å². The van der Waals surface area contributed by atoms with Crippen molar-refractivity contribution in [1.29, 1.82) is 0 Å². The van der Waals surface area contributed by atoms with Gasteiger partial charge in [0.15, 0.2) is 0 Å². The first-order valence-electron chi connectivity index (χ1n) is 11.7. The lowest BCUT2D eigenvalue weighted by molar-refractivity contribution is -0.136. The zero-order valence-corrected chi connectivity index (χ0v) is 20.7. The summed E-state index contributed by atoms with van der Waals surface area (Å²) in [6.07, 6.45) is 6.21. The molecule has 0 radical (unpaired) electrons. The highest BCUT2D eigenvalue weighted by molar-refractivity contribution is 7.98. The number of hydrogen-bond acceptors (Lipinski definition) is 5. The fourth-order valence-corrected chi connectivity index (χ4v) is 7.43. The van der Waals surface area contributed by atoms with Crippen LogP contribution in [0.2, 0.25) is 0 Å². The molecule has 2 N–H and O–H groups in total. The summed E-state index contributed by atoms with van der Waals surface area (Å²) in [5, 5.41) is 14.2. The number of anilines is 1. The summed E-state index contributed by atoms with van der Waals surface area (Å²) in [5.74, 6) is 2.65. The van der Waals surface area contributed by atoms with E-state index in [4.69, 9.17) is 10.1 Å². The second-order valence-corrected chi connectivity index (χ2v) is 12.7. The zero-order chi connectivity index (χ0) is 22.5. The summed E-state index contributed by atoms with van der Waals surface area (Å²) in [7, 11) is 0. The summed E-state index contributed by atoms with van der Waals surface area (Å²) in [6.45, 7) is 7.13. The first-order valence-corrected chi connectivity index (χ1v) is 13.5.